The van der Waals surface area contributed by atoms with Crippen molar-refractivity contribution in [3.63, 3.8) is 0 Å². The molecule has 0 atom stereocenters. The summed E-state index contributed by atoms with van der Waals surface area (Å²) < 4.78 is 0. The van der Waals surface area contributed by atoms with Gasteiger partial charge in [-0.25, -0.2) is 0 Å². The van der Waals surface area contributed by atoms with Crippen molar-refractivity contribution in [2.75, 3.05) is 5.32 Å². The summed E-state index contributed by atoms with van der Waals surface area (Å²) in [6.07, 6.45) is 0. The summed E-state index contributed by atoms with van der Waals surface area (Å²) in [6.45, 7) is 7.92. The monoisotopic (exact) mass is 357 g/mol. The number of benzene rings is 1. The van der Waals surface area contributed by atoms with Crippen LogP contribution in [0.5, 0.6) is 5.75 Å². The van der Waals surface area contributed by atoms with Crippen LogP contribution in [0.3, 0.4) is 0 Å². The molecule has 0 aliphatic heterocycles. The highest BCUT2D eigenvalue weighted by atomic mass is 32.1. The minimum absolute atomic E-state index is 0.132. The Morgan fingerprint density at radius 3 is 2.60 bits per heavy atom. The normalized spacial score (nSPS) is 11.1. The smallest absolute Gasteiger partial charge is 0.275 e. The number of aryl methyl sites for hydroxylation is 2. The van der Waals surface area contributed by atoms with Crippen molar-refractivity contribution >= 4 is 22.4 Å². The number of phenolic OH excluding ortho intramolecular Hbond substituents is 1. The van der Waals surface area contributed by atoms with E-state index in [1.54, 1.807) is 12.1 Å². The van der Waals surface area contributed by atoms with Gasteiger partial charge in [0.25, 0.3) is 5.91 Å². The maximum Gasteiger partial charge on any atom is 0.275 e. The van der Waals surface area contributed by atoms with Gasteiger partial charge in [-0.3, -0.25) is 15.2 Å². The van der Waals surface area contributed by atoms with Crippen molar-refractivity contribution in [2.24, 2.45) is 0 Å². The minimum atomic E-state index is -0.353. The fourth-order valence-electron chi connectivity index (χ4n) is 2.26. The van der Waals surface area contributed by atoms with E-state index in [4.69, 9.17) is 0 Å². The van der Waals surface area contributed by atoms with Crippen molar-refractivity contribution < 1.29 is 9.90 Å². The molecule has 0 bridgehead atoms. The van der Waals surface area contributed by atoms with Crippen LogP contribution < -0.4 is 5.32 Å². The number of H-pyrrole nitrogens is 1. The molecule has 0 unspecified atom stereocenters. The van der Waals surface area contributed by atoms with E-state index in [1.807, 2.05) is 33.8 Å². The van der Waals surface area contributed by atoms with Gasteiger partial charge >= 0.3 is 0 Å². The van der Waals surface area contributed by atoms with Crippen molar-refractivity contribution in [1.29, 1.82) is 0 Å². The number of rotatable bonds is 4. The Kier molecular flexibility index (Phi) is 4.54. The molecule has 0 spiro atoms. The Morgan fingerprint density at radius 1 is 1.20 bits per heavy atom. The molecular formula is C17H19N5O2S. The van der Waals surface area contributed by atoms with Gasteiger partial charge in [0.05, 0.1) is 5.69 Å². The summed E-state index contributed by atoms with van der Waals surface area (Å²) in [4.78, 5) is 12.3. The van der Waals surface area contributed by atoms with Gasteiger partial charge in [-0.05, 0) is 43.2 Å². The van der Waals surface area contributed by atoms with E-state index in [9.17, 15) is 9.90 Å². The lowest BCUT2D eigenvalue weighted by atomic mass is 10.0. The van der Waals surface area contributed by atoms with Gasteiger partial charge in [-0.1, -0.05) is 25.2 Å². The van der Waals surface area contributed by atoms with Gasteiger partial charge in [-0.2, -0.15) is 5.10 Å². The third-order valence-corrected chi connectivity index (χ3v) is 5.00. The van der Waals surface area contributed by atoms with E-state index in [0.29, 0.717) is 16.4 Å². The number of aromatic nitrogens is 4. The molecule has 0 fully saturated rings. The molecule has 1 amide bonds. The number of phenols is 1. The first kappa shape index (κ1) is 17.1. The topological polar surface area (TPSA) is 104 Å². The van der Waals surface area contributed by atoms with Crippen LogP contribution in [0.4, 0.5) is 5.13 Å². The molecule has 0 saturated carbocycles. The number of amides is 1. The minimum Gasteiger partial charge on any atom is -0.507 e. The third kappa shape index (κ3) is 3.53. The van der Waals surface area contributed by atoms with E-state index >= 15 is 0 Å². The maximum absolute atomic E-state index is 12.3. The van der Waals surface area contributed by atoms with Crippen molar-refractivity contribution in [3.8, 4) is 17.0 Å². The number of hydrogen-bond donors (Lipinski definition) is 3. The summed E-state index contributed by atoms with van der Waals surface area (Å²) in [7, 11) is 0. The second-order valence-electron chi connectivity index (χ2n) is 6.17. The molecule has 3 rings (SSSR count). The molecule has 25 heavy (non-hydrogen) atoms. The second kappa shape index (κ2) is 6.64. The average molecular weight is 357 g/mol. The molecule has 0 aliphatic carbocycles. The van der Waals surface area contributed by atoms with Crippen LogP contribution in [0.25, 0.3) is 11.3 Å². The average Bonchev–Trinajstić information content (AvgIpc) is 3.20. The number of carbonyl (C=O) groups excluding carboxylic acids is 1. The van der Waals surface area contributed by atoms with Gasteiger partial charge in [-0.15, -0.1) is 10.2 Å². The molecule has 3 aromatic rings. The lowest BCUT2D eigenvalue weighted by molar-refractivity contribution is 0.102. The number of aromatic hydroxyl groups is 1. The summed E-state index contributed by atoms with van der Waals surface area (Å²) in [5, 5.41) is 29.0. The van der Waals surface area contributed by atoms with Crippen molar-refractivity contribution in [1.82, 2.24) is 20.4 Å². The molecular weight excluding hydrogens is 338 g/mol. The second-order valence-corrected chi connectivity index (χ2v) is 7.18. The summed E-state index contributed by atoms with van der Waals surface area (Å²) in [6, 6.07) is 5.14. The molecule has 0 radical (unpaired) electrons. The first-order valence-electron chi connectivity index (χ1n) is 7.86. The van der Waals surface area contributed by atoms with Gasteiger partial charge in [0, 0.05) is 11.5 Å². The number of aromatic amines is 1. The number of nitrogens with one attached hydrogen (secondary N) is 2. The molecule has 130 valence electrons. The first-order chi connectivity index (χ1) is 11.8. The highest BCUT2D eigenvalue weighted by Crippen LogP contribution is 2.31. The van der Waals surface area contributed by atoms with Crippen LogP contribution in [-0.4, -0.2) is 31.4 Å². The molecule has 8 heteroatoms. The molecule has 0 saturated heterocycles. The molecule has 7 nitrogen and oxygen atoms in total. The van der Waals surface area contributed by atoms with Gasteiger partial charge in [0.1, 0.15) is 16.5 Å². The Labute approximate surface area is 149 Å². The fraction of sp³-hybridized carbons (Fsp3) is 0.294. The Balaban J connectivity index is 1.81. The van der Waals surface area contributed by atoms with Gasteiger partial charge in [0.2, 0.25) is 5.13 Å². The zero-order chi connectivity index (χ0) is 18.1. The Bertz CT molecular complexity index is 929. The number of hydrogen-bond acceptors (Lipinski definition) is 6. The zero-order valence-electron chi connectivity index (χ0n) is 14.4. The van der Waals surface area contributed by atoms with E-state index < -0.39 is 0 Å². The molecule has 2 aromatic heterocycles. The highest BCUT2D eigenvalue weighted by Gasteiger charge is 2.16. The van der Waals surface area contributed by atoms with Crippen LogP contribution in [0.1, 0.15) is 46.4 Å². The lowest BCUT2D eigenvalue weighted by Crippen LogP contribution is -2.12. The number of carbonyl (C=O) groups is 1. The van der Waals surface area contributed by atoms with Crippen molar-refractivity contribution in [3.05, 3.63) is 40.0 Å². The predicted molar refractivity (Wildman–Crippen MR) is 97.1 cm³/mol. The van der Waals surface area contributed by atoms with E-state index in [1.165, 1.54) is 11.3 Å². The Morgan fingerprint density at radius 2 is 1.92 bits per heavy atom. The van der Waals surface area contributed by atoms with E-state index in [0.717, 1.165) is 16.1 Å². The van der Waals surface area contributed by atoms with Crippen LogP contribution in [0, 0.1) is 13.8 Å². The standard InChI is InChI=1S/C17H19N5O2S/c1-8(2)16-21-22-17(25-16)18-15(24)13-7-12(19-20-13)11-5-9(3)10(4)6-14(11)23/h5-8,23H,1-4H3,(H,19,20)(H,18,22,24). The van der Waals surface area contributed by atoms with Crippen LogP contribution in [-0.2, 0) is 0 Å². The van der Waals surface area contributed by atoms with Crippen LogP contribution >= 0.6 is 11.3 Å². The highest BCUT2D eigenvalue weighted by molar-refractivity contribution is 7.15. The van der Waals surface area contributed by atoms with Crippen LogP contribution in [0.15, 0.2) is 18.2 Å². The molecule has 2 heterocycles. The summed E-state index contributed by atoms with van der Waals surface area (Å²) in [5.74, 6) is 0.0375. The first-order valence-corrected chi connectivity index (χ1v) is 8.67. The zero-order valence-corrected chi connectivity index (χ0v) is 15.2. The maximum atomic E-state index is 12.3. The van der Waals surface area contributed by atoms with E-state index in [-0.39, 0.29) is 23.3 Å². The largest absolute Gasteiger partial charge is 0.507 e. The van der Waals surface area contributed by atoms with Gasteiger partial charge < -0.3 is 5.11 Å². The molecule has 0 aliphatic rings. The SMILES string of the molecule is Cc1cc(O)c(-c2cc(C(=O)Nc3nnc(C(C)C)s3)[nH]n2)cc1C. The summed E-state index contributed by atoms with van der Waals surface area (Å²) in [5.41, 5.74) is 3.40. The fourth-order valence-corrected chi connectivity index (χ4v) is 3.01. The number of nitrogens with zero attached hydrogens (tertiary/aromatic N) is 3. The Hall–Kier alpha value is -2.74. The van der Waals surface area contributed by atoms with Crippen molar-refractivity contribution in [2.45, 2.75) is 33.6 Å². The number of anilines is 1. The quantitative estimate of drug-likeness (QED) is 0.661. The van der Waals surface area contributed by atoms with Crippen LogP contribution in [0.2, 0.25) is 0 Å². The molecule has 3 N–H and O–H groups in total. The third-order valence-electron chi connectivity index (χ3n) is 3.87. The van der Waals surface area contributed by atoms with E-state index in [2.05, 4.69) is 25.7 Å². The predicted octanol–water partition coefficient (Wildman–Crippen LogP) is 3.63. The van der Waals surface area contributed by atoms with Gasteiger partial charge in [0.15, 0.2) is 0 Å². The molecule has 1 aromatic carbocycles. The summed E-state index contributed by atoms with van der Waals surface area (Å²) >= 11 is 1.34. The lowest BCUT2D eigenvalue weighted by Gasteiger charge is -2.05.